The van der Waals surface area contributed by atoms with Crippen LogP contribution in [-0.2, 0) is 0 Å². The number of hydrogen-bond donors (Lipinski definition) is 0. The number of alkyl halides is 1. The SMILES string of the molecule is COc1cc(C#N)cc(OCC(Cl)C#N)c1. The van der Waals surface area contributed by atoms with Crippen LogP contribution < -0.4 is 9.47 Å². The maximum Gasteiger partial charge on any atom is 0.154 e. The van der Waals surface area contributed by atoms with Crippen molar-refractivity contribution in [2.75, 3.05) is 13.7 Å². The third-order valence-electron chi connectivity index (χ3n) is 1.78. The lowest BCUT2D eigenvalue weighted by Gasteiger charge is -2.08. The Kier molecular flexibility index (Phi) is 4.44. The molecule has 0 spiro atoms. The van der Waals surface area contributed by atoms with Gasteiger partial charge in [-0.1, -0.05) is 0 Å². The Morgan fingerprint density at radius 2 is 2.00 bits per heavy atom. The molecule has 0 radical (unpaired) electrons. The second-order valence-corrected chi connectivity index (χ2v) is 3.44. The van der Waals surface area contributed by atoms with Crippen LogP contribution in [0.15, 0.2) is 18.2 Å². The molecule has 0 aliphatic rings. The lowest BCUT2D eigenvalue weighted by Crippen LogP contribution is -2.09. The smallest absolute Gasteiger partial charge is 0.154 e. The van der Waals surface area contributed by atoms with Crippen molar-refractivity contribution in [1.29, 1.82) is 10.5 Å². The van der Waals surface area contributed by atoms with Crippen molar-refractivity contribution in [3.8, 4) is 23.6 Å². The third-order valence-corrected chi connectivity index (χ3v) is 2.00. The van der Waals surface area contributed by atoms with Gasteiger partial charge in [0.15, 0.2) is 5.38 Å². The highest BCUT2D eigenvalue weighted by Gasteiger charge is 2.06. The zero-order valence-corrected chi connectivity index (χ0v) is 9.36. The molecule has 0 aliphatic carbocycles. The zero-order chi connectivity index (χ0) is 12.0. The molecule has 0 saturated heterocycles. The average molecular weight is 237 g/mol. The number of rotatable bonds is 4. The van der Waals surface area contributed by atoms with E-state index in [-0.39, 0.29) is 6.61 Å². The topological polar surface area (TPSA) is 66.0 Å². The predicted molar refractivity (Wildman–Crippen MR) is 58.5 cm³/mol. The lowest BCUT2D eigenvalue weighted by molar-refractivity contribution is 0.325. The predicted octanol–water partition coefficient (Wildman–Crippen LogP) is 2.08. The molecule has 16 heavy (non-hydrogen) atoms. The second kappa shape index (κ2) is 5.85. The molecule has 0 bridgehead atoms. The number of benzene rings is 1. The first-order valence-electron chi connectivity index (χ1n) is 4.45. The van der Waals surface area contributed by atoms with Crippen LogP contribution in [0.25, 0.3) is 0 Å². The van der Waals surface area contributed by atoms with Gasteiger partial charge in [-0.3, -0.25) is 0 Å². The van der Waals surface area contributed by atoms with E-state index in [4.69, 9.17) is 31.6 Å². The molecule has 5 heteroatoms. The molecule has 4 nitrogen and oxygen atoms in total. The largest absolute Gasteiger partial charge is 0.497 e. The first-order chi connectivity index (χ1) is 7.69. The zero-order valence-electron chi connectivity index (χ0n) is 8.61. The molecule has 0 fully saturated rings. The fourth-order valence-electron chi connectivity index (χ4n) is 1.04. The van der Waals surface area contributed by atoms with Crippen LogP contribution >= 0.6 is 11.6 Å². The van der Waals surface area contributed by atoms with Crippen molar-refractivity contribution in [1.82, 2.24) is 0 Å². The molecule has 0 heterocycles. The Morgan fingerprint density at radius 3 is 2.56 bits per heavy atom. The number of nitriles is 2. The van der Waals surface area contributed by atoms with E-state index in [2.05, 4.69) is 0 Å². The molecular weight excluding hydrogens is 228 g/mol. The highest BCUT2D eigenvalue weighted by atomic mass is 35.5. The van der Waals surface area contributed by atoms with Gasteiger partial charge in [0.1, 0.15) is 18.1 Å². The summed E-state index contributed by atoms with van der Waals surface area (Å²) >= 11 is 5.58. The maximum absolute atomic E-state index is 8.77. The summed E-state index contributed by atoms with van der Waals surface area (Å²) in [6.45, 7) is 0.0656. The van der Waals surface area contributed by atoms with Crippen molar-refractivity contribution >= 4 is 11.6 Å². The van der Waals surface area contributed by atoms with E-state index in [0.29, 0.717) is 17.1 Å². The molecular formula is C11H9ClN2O2. The van der Waals surface area contributed by atoms with Crippen LogP contribution in [0.3, 0.4) is 0 Å². The van der Waals surface area contributed by atoms with Crippen molar-refractivity contribution in [2.24, 2.45) is 0 Å². The Bertz CT molecular complexity index is 448. The Labute approximate surface area is 98.6 Å². The number of halogens is 1. The van der Waals surface area contributed by atoms with Gasteiger partial charge in [0.25, 0.3) is 0 Å². The van der Waals surface area contributed by atoms with E-state index >= 15 is 0 Å². The fourth-order valence-corrected chi connectivity index (χ4v) is 1.11. The van der Waals surface area contributed by atoms with Gasteiger partial charge in [0.2, 0.25) is 0 Å². The second-order valence-electron chi connectivity index (χ2n) is 2.92. The normalized spacial score (nSPS) is 11.0. The van der Waals surface area contributed by atoms with E-state index < -0.39 is 5.38 Å². The minimum absolute atomic E-state index is 0.0656. The summed E-state index contributed by atoms with van der Waals surface area (Å²) in [4.78, 5) is 0. The summed E-state index contributed by atoms with van der Waals surface area (Å²) in [5.74, 6) is 0.980. The van der Waals surface area contributed by atoms with Gasteiger partial charge >= 0.3 is 0 Å². The molecule has 1 unspecified atom stereocenters. The lowest BCUT2D eigenvalue weighted by atomic mass is 10.2. The molecule has 0 N–H and O–H groups in total. The molecule has 82 valence electrons. The molecule has 0 aliphatic heterocycles. The minimum Gasteiger partial charge on any atom is -0.497 e. The molecule has 0 aromatic heterocycles. The first-order valence-corrected chi connectivity index (χ1v) is 4.89. The van der Waals surface area contributed by atoms with E-state index in [0.717, 1.165) is 0 Å². The van der Waals surface area contributed by atoms with E-state index in [1.165, 1.54) is 7.11 Å². The Hall–Kier alpha value is -1.91. The van der Waals surface area contributed by atoms with Crippen LogP contribution in [0.2, 0.25) is 0 Å². The van der Waals surface area contributed by atoms with Crippen LogP contribution in [0, 0.1) is 22.7 Å². The summed E-state index contributed by atoms with van der Waals surface area (Å²) in [5.41, 5.74) is 0.428. The fraction of sp³-hybridized carbons (Fsp3) is 0.273. The van der Waals surface area contributed by atoms with Gasteiger partial charge in [-0.25, -0.2) is 0 Å². The number of methoxy groups -OCH3 is 1. The van der Waals surface area contributed by atoms with Gasteiger partial charge < -0.3 is 9.47 Å². The summed E-state index contributed by atoms with van der Waals surface area (Å²) in [7, 11) is 1.50. The van der Waals surface area contributed by atoms with Gasteiger partial charge in [-0.15, -0.1) is 11.6 Å². The van der Waals surface area contributed by atoms with E-state index in [9.17, 15) is 0 Å². The number of ether oxygens (including phenoxy) is 2. The number of hydrogen-bond acceptors (Lipinski definition) is 4. The molecule has 1 rings (SSSR count). The Balaban J connectivity index is 2.81. The minimum atomic E-state index is -0.711. The van der Waals surface area contributed by atoms with Crippen molar-refractivity contribution in [3.05, 3.63) is 23.8 Å². The van der Waals surface area contributed by atoms with Crippen molar-refractivity contribution in [3.63, 3.8) is 0 Å². The van der Waals surface area contributed by atoms with Crippen LogP contribution in [0.1, 0.15) is 5.56 Å². The van der Waals surface area contributed by atoms with E-state index in [1.54, 1.807) is 18.2 Å². The first kappa shape index (κ1) is 12.2. The van der Waals surface area contributed by atoms with Crippen molar-refractivity contribution in [2.45, 2.75) is 5.38 Å². The van der Waals surface area contributed by atoms with Gasteiger partial charge in [-0.05, 0) is 12.1 Å². The quantitative estimate of drug-likeness (QED) is 0.751. The summed E-state index contributed by atoms with van der Waals surface area (Å²) in [5, 5.41) is 16.5. The standard InChI is InChI=1S/C11H9ClN2O2/c1-15-10-2-8(5-13)3-11(4-10)16-7-9(12)6-14/h2-4,9H,7H2,1H3. The molecule has 1 aromatic rings. The molecule has 1 atom stereocenters. The highest BCUT2D eigenvalue weighted by Crippen LogP contribution is 2.22. The van der Waals surface area contributed by atoms with Crippen molar-refractivity contribution < 1.29 is 9.47 Å². The van der Waals surface area contributed by atoms with Gasteiger partial charge in [0, 0.05) is 6.07 Å². The van der Waals surface area contributed by atoms with Crippen LogP contribution in [0.5, 0.6) is 11.5 Å². The van der Waals surface area contributed by atoms with Crippen LogP contribution in [-0.4, -0.2) is 19.1 Å². The highest BCUT2D eigenvalue weighted by molar-refractivity contribution is 6.22. The Morgan fingerprint density at radius 1 is 1.31 bits per heavy atom. The molecule has 0 saturated carbocycles. The molecule has 0 amide bonds. The summed E-state index contributed by atoms with van der Waals surface area (Å²) in [6, 6.07) is 8.60. The average Bonchev–Trinajstić information content (AvgIpc) is 2.35. The third kappa shape index (κ3) is 3.34. The molecule has 1 aromatic carbocycles. The maximum atomic E-state index is 8.77. The number of nitrogens with zero attached hydrogens (tertiary/aromatic N) is 2. The van der Waals surface area contributed by atoms with Crippen LogP contribution in [0.4, 0.5) is 0 Å². The monoisotopic (exact) mass is 236 g/mol. The van der Waals surface area contributed by atoms with Gasteiger partial charge in [-0.2, -0.15) is 10.5 Å². The summed E-state index contributed by atoms with van der Waals surface area (Å²) < 4.78 is 10.3. The summed E-state index contributed by atoms with van der Waals surface area (Å²) in [6.07, 6.45) is 0. The van der Waals surface area contributed by atoms with E-state index in [1.807, 2.05) is 12.1 Å². The van der Waals surface area contributed by atoms with Gasteiger partial charge in [0.05, 0.1) is 24.8 Å².